The van der Waals surface area contributed by atoms with Gasteiger partial charge in [-0.15, -0.1) is 18.8 Å². The largest absolute Gasteiger partial charge is 0.539 e. The lowest BCUT2D eigenvalue weighted by Gasteiger charge is -2.01. The maximum atomic E-state index is 10.9. The van der Waals surface area contributed by atoms with Crippen LogP contribution in [0.15, 0.2) is 0 Å². The molecule has 0 fully saturated rings. The average molecular weight is 128 g/mol. The number of halogens is 2. The van der Waals surface area contributed by atoms with Crippen LogP contribution < -0.4 is 0 Å². The fourth-order valence-electron chi connectivity index (χ4n) is 0.0927. The van der Waals surface area contributed by atoms with Crippen molar-refractivity contribution in [1.29, 1.82) is 0 Å². The summed E-state index contributed by atoms with van der Waals surface area (Å²) >= 11 is 0. The minimum Gasteiger partial charge on any atom is -0.202 e. The first-order valence-corrected chi connectivity index (χ1v) is 1.53. The molecule has 0 unspecified atom stereocenters. The van der Waals surface area contributed by atoms with E-state index in [9.17, 15) is 8.78 Å². The summed E-state index contributed by atoms with van der Waals surface area (Å²) < 4.78 is 21.7. The molecule has 0 aromatic rings. The molecule has 0 amide bonds. The second-order valence-electron chi connectivity index (χ2n) is 0.782. The van der Waals surface area contributed by atoms with E-state index >= 15 is 0 Å². The van der Waals surface area contributed by atoms with Crippen molar-refractivity contribution in [3.63, 3.8) is 0 Å². The molecule has 0 aromatic heterocycles. The third-order valence-corrected chi connectivity index (χ3v) is 0.204. The quantitative estimate of drug-likeness (QED) is 0.312. The van der Waals surface area contributed by atoms with Gasteiger partial charge in [0.25, 0.3) is 0 Å². The van der Waals surface area contributed by atoms with E-state index in [4.69, 9.17) is 10.2 Å². The molecule has 0 bridgehead atoms. The van der Waals surface area contributed by atoms with E-state index in [2.05, 4.69) is 9.78 Å². The van der Waals surface area contributed by atoms with Crippen LogP contribution in [0.1, 0.15) is 0 Å². The van der Waals surface area contributed by atoms with Gasteiger partial charge in [0, 0.05) is 0 Å². The first-order chi connectivity index (χ1) is 3.56. The molecule has 0 aliphatic carbocycles. The van der Waals surface area contributed by atoms with Crippen molar-refractivity contribution in [2.75, 3.05) is 6.79 Å². The van der Waals surface area contributed by atoms with Crippen molar-refractivity contribution in [1.82, 2.24) is 0 Å². The Kier molecular flexibility index (Phi) is 2.77. The maximum absolute atomic E-state index is 10.9. The Bertz CT molecular complexity index is 59.5. The van der Waals surface area contributed by atoms with Gasteiger partial charge >= 0.3 is 6.29 Å². The maximum Gasteiger partial charge on any atom is 0.539 e. The van der Waals surface area contributed by atoms with Crippen molar-refractivity contribution < 1.29 is 28.8 Å². The topological polar surface area (TPSA) is 58.3 Å². The van der Waals surface area contributed by atoms with E-state index in [0.29, 0.717) is 0 Å². The molecule has 0 saturated carbocycles. The van der Waals surface area contributed by atoms with E-state index in [-0.39, 0.29) is 0 Å². The number of hydrogen-bond donors (Lipinski definition) is 0. The highest BCUT2D eigenvalue weighted by atomic mass is 19.3. The Hall–Kier alpha value is -0.300. The molecular formula is C2H2F2O4. The molecule has 0 aliphatic rings. The van der Waals surface area contributed by atoms with E-state index in [1.165, 1.54) is 0 Å². The zero-order valence-corrected chi connectivity index (χ0v) is 3.60. The lowest BCUT2D eigenvalue weighted by Crippen LogP contribution is -2.17. The number of alkyl halides is 2. The normalized spacial score (nSPS) is 12.0. The van der Waals surface area contributed by atoms with Gasteiger partial charge in [-0.05, 0) is 0 Å². The summed E-state index contributed by atoms with van der Waals surface area (Å²) in [6.07, 6.45) is -4.62. The Morgan fingerprint density at radius 3 is 2.12 bits per heavy atom. The third kappa shape index (κ3) is 5.70. The molecule has 0 rings (SSSR count). The summed E-state index contributed by atoms with van der Waals surface area (Å²) in [6.45, 7) is -1.32. The van der Waals surface area contributed by atoms with Crippen LogP contribution in [0.5, 0.6) is 0 Å². The molecule has 2 radical (unpaired) electrons. The highest BCUT2D eigenvalue weighted by Crippen LogP contribution is 2.10. The van der Waals surface area contributed by atoms with Gasteiger partial charge in [0.15, 0.2) is 0 Å². The SMILES string of the molecule is [O]COOC([O])(F)F. The third-order valence-electron chi connectivity index (χ3n) is 0.204. The van der Waals surface area contributed by atoms with E-state index in [0.717, 1.165) is 0 Å². The van der Waals surface area contributed by atoms with Crippen LogP contribution in [0.25, 0.3) is 0 Å². The highest BCUT2D eigenvalue weighted by Gasteiger charge is 2.30. The molecule has 0 atom stereocenters. The van der Waals surface area contributed by atoms with Crippen LogP contribution in [-0.4, -0.2) is 13.1 Å². The molecular weight excluding hydrogens is 126 g/mol. The van der Waals surface area contributed by atoms with Crippen molar-refractivity contribution in [3.8, 4) is 0 Å². The van der Waals surface area contributed by atoms with Crippen LogP contribution in [-0.2, 0) is 20.0 Å². The Labute approximate surface area is 43.2 Å². The van der Waals surface area contributed by atoms with Gasteiger partial charge < -0.3 is 0 Å². The molecule has 6 heteroatoms. The van der Waals surface area contributed by atoms with Gasteiger partial charge in [-0.3, -0.25) is 0 Å². The van der Waals surface area contributed by atoms with Crippen molar-refractivity contribution in [2.45, 2.75) is 6.29 Å². The van der Waals surface area contributed by atoms with E-state index in [1.807, 2.05) is 0 Å². The minimum atomic E-state index is -4.62. The van der Waals surface area contributed by atoms with Gasteiger partial charge in [0.2, 0.25) is 6.79 Å². The molecule has 8 heavy (non-hydrogen) atoms. The molecule has 0 aromatic carbocycles. The number of rotatable bonds is 3. The zero-order chi connectivity index (χ0) is 6.62. The van der Waals surface area contributed by atoms with Crippen molar-refractivity contribution >= 4 is 0 Å². The summed E-state index contributed by atoms with van der Waals surface area (Å²) in [5.74, 6) is 0. The Balaban J connectivity index is 3.11. The minimum absolute atomic E-state index is 1.32. The van der Waals surface area contributed by atoms with Crippen molar-refractivity contribution in [2.24, 2.45) is 0 Å². The Morgan fingerprint density at radius 2 is 2.00 bits per heavy atom. The average Bonchev–Trinajstić information content (AvgIpc) is 1.59. The van der Waals surface area contributed by atoms with Crippen LogP contribution in [0.4, 0.5) is 8.78 Å². The van der Waals surface area contributed by atoms with Gasteiger partial charge in [-0.2, -0.15) is 4.89 Å². The van der Waals surface area contributed by atoms with Gasteiger partial charge in [-0.1, -0.05) is 0 Å². The molecule has 48 valence electrons. The molecule has 4 nitrogen and oxygen atoms in total. The smallest absolute Gasteiger partial charge is 0.202 e. The van der Waals surface area contributed by atoms with Gasteiger partial charge in [0.1, 0.15) is 0 Å². The van der Waals surface area contributed by atoms with E-state index < -0.39 is 13.1 Å². The van der Waals surface area contributed by atoms with Crippen LogP contribution >= 0.6 is 0 Å². The molecule has 0 N–H and O–H groups in total. The highest BCUT2D eigenvalue weighted by molar-refractivity contribution is 4.09. The second kappa shape index (κ2) is 2.88. The number of hydrogen-bond acceptors (Lipinski definition) is 2. The lowest BCUT2D eigenvalue weighted by atomic mass is 11.3. The molecule has 0 saturated heterocycles. The molecule has 0 spiro atoms. The summed E-state index contributed by atoms with van der Waals surface area (Å²) in [7, 11) is 0. The van der Waals surface area contributed by atoms with Gasteiger partial charge in [0.05, 0.1) is 0 Å². The van der Waals surface area contributed by atoms with Crippen LogP contribution in [0, 0.1) is 0 Å². The first kappa shape index (κ1) is 7.70. The molecule has 0 aliphatic heterocycles. The van der Waals surface area contributed by atoms with E-state index in [1.54, 1.807) is 0 Å². The van der Waals surface area contributed by atoms with Crippen molar-refractivity contribution in [3.05, 3.63) is 0 Å². The summed E-state index contributed by atoms with van der Waals surface area (Å²) in [5.41, 5.74) is 0. The monoisotopic (exact) mass is 128 g/mol. The summed E-state index contributed by atoms with van der Waals surface area (Å²) in [5, 5.41) is 18.2. The second-order valence-corrected chi connectivity index (χ2v) is 0.782. The fraction of sp³-hybridized carbons (Fsp3) is 1.00. The van der Waals surface area contributed by atoms with Crippen LogP contribution in [0.2, 0.25) is 0 Å². The summed E-state index contributed by atoms with van der Waals surface area (Å²) in [4.78, 5) is 5.76. The van der Waals surface area contributed by atoms with Crippen LogP contribution in [0.3, 0.4) is 0 Å². The predicted octanol–water partition coefficient (Wildman–Crippen LogP) is 0.303. The van der Waals surface area contributed by atoms with Gasteiger partial charge in [-0.25, -0.2) is 5.11 Å². The molecule has 0 heterocycles. The first-order valence-electron chi connectivity index (χ1n) is 1.53. The zero-order valence-electron chi connectivity index (χ0n) is 3.60. The summed E-state index contributed by atoms with van der Waals surface area (Å²) in [6, 6.07) is 0. The lowest BCUT2D eigenvalue weighted by molar-refractivity contribution is -0.538. The predicted molar refractivity (Wildman–Crippen MR) is 13.4 cm³/mol. The Morgan fingerprint density at radius 1 is 1.50 bits per heavy atom. The standard InChI is InChI=1S/C2H2F2O4/c3-2(4,6)8-7-1-5/h1H2. The fourth-order valence-corrected chi connectivity index (χ4v) is 0.0927.